The van der Waals surface area contributed by atoms with Gasteiger partial charge in [0, 0.05) is 6.42 Å². The van der Waals surface area contributed by atoms with Gasteiger partial charge in [0.15, 0.2) is 0 Å². The summed E-state index contributed by atoms with van der Waals surface area (Å²) >= 11 is 0. The van der Waals surface area contributed by atoms with E-state index in [1.807, 2.05) is 6.92 Å². The van der Waals surface area contributed by atoms with Gasteiger partial charge in [0.1, 0.15) is 5.54 Å². The Kier molecular flexibility index (Phi) is 5.31. The molecule has 1 rings (SSSR count). The van der Waals surface area contributed by atoms with Crippen LogP contribution >= 0.6 is 0 Å². The number of nitrogens with zero attached hydrogens (tertiary/aromatic N) is 1. The summed E-state index contributed by atoms with van der Waals surface area (Å²) in [6, 6.07) is 2.34. The Morgan fingerprint density at radius 3 is 2.31 bits per heavy atom. The molecule has 0 spiro atoms. The van der Waals surface area contributed by atoms with E-state index in [1.54, 1.807) is 0 Å². The van der Waals surface area contributed by atoms with Crippen molar-refractivity contribution in [3.8, 4) is 6.07 Å². The summed E-state index contributed by atoms with van der Waals surface area (Å²) in [5.74, 6) is 0.0321. The van der Waals surface area contributed by atoms with E-state index >= 15 is 0 Å². The first-order valence-electron chi connectivity index (χ1n) is 6.45. The van der Waals surface area contributed by atoms with Gasteiger partial charge in [-0.1, -0.05) is 39.0 Å². The van der Waals surface area contributed by atoms with Crippen molar-refractivity contribution in [3.63, 3.8) is 0 Å². The van der Waals surface area contributed by atoms with Crippen LogP contribution in [0, 0.1) is 11.3 Å². The predicted octanol–water partition coefficient (Wildman–Crippen LogP) is 2.91. The highest BCUT2D eigenvalue weighted by molar-refractivity contribution is 5.77. The Morgan fingerprint density at radius 2 is 1.81 bits per heavy atom. The minimum Gasteiger partial charge on any atom is -0.338 e. The molecule has 1 aliphatic carbocycles. The zero-order valence-corrected chi connectivity index (χ0v) is 10.2. The zero-order chi connectivity index (χ0) is 11.9. The molecule has 1 fully saturated rings. The quantitative estimate of drug-likeness (QED) is 0.798. The maximum absolute atomic E-state index is 11.6. The van der Waals surface area contributed by atoms with Crippen molar-refractivity contribution in [1.82, 2.24) is 5.32 Å². The molecule has 0 aromatic rings. The number of hydrogen-bond acceptors (Lipinski definition) is 2. The van der Waals surface area contributed by atoms with Gasteiger partial charge in [0.25, 0.3) is 0 Å². The highest BCUT2D eigenvalue weighted by Crippen LogP contribution is 2.25. The Morgan fingerprint density at radius 1 is 1.25 bits per heavy atom. The van der Waals surface area contributed by atoms with E-state index in [9.17, 15) is 10.1 Å². The van der Waals surface area contributed by atoms with Gasteiger partial charge in [0.2, 0.25) is 5.91 Å². The normalized spacial score (nSPS) is 20.2. The molecule has 0 aliphatic heterocycles. The second kappa shape index (κ2) is 6.52. The topological polar surface area (TPSA) is 52.9 Å². The van der Waals surface area contributed by atoms with Gasteiger partial charge in [-0.3, -0.25) is 4.79 Å². The van der Waals surface area contributed by atoms with Crippen molar-refractivity contribution < 1.29 is 4.79 Å². The zero-order valence-electron chi connectivity index (χ0n) is 10.2. The molecule has 0 aromatic heterocycles. The number of rotatable bonds is 3. The third-order valence-electron chi connectivity index (χ3n) is 3.28. The summed E-state index contributed by atoms with van der Waals surface area (Å²) in [5, 5.41) is 12.3. The summed E-state index contributed by atoms with van der Waals surface area (Å²) in [4.78, 5) is 11.6. The minimum atomic E-state index is -0.577. The summed E-state index contributed by atoms with van der Waals surface area (Å²) in [5.41, 5.74) is -0.577. The molecule has 1 amide bonds. The smallest absolute Gasteiger partial charge is 0.221 e. The molecule has 0 heterocycles. The first kappa shape index (κ1) is 13.0. The van der Waals surface area contributed by atoms with Crippen molar-refractivity contribution in [3.05, 3.63) is 0 Å². The van der Waals surface area contributed by atoms with Crippen molar-refractivity contribution in [2.75, 3.05) is 0 Å². The third kappa shape index (κ3) is 3.84. The Bertz CT molecular complexity index is 260. The van der Waals surface area contributed by atoms with Crippen molar-refractivity contribution in [2.45, 2.75) is 70.3 Å². The Hall–Kier alpha value is -1.04. The fourth-order valence-corrected chi connectivity index (χ4v) is 2.33. The largest absolute Gasteiger partial charge is 0.338 e. The number of hydrogen-bond donors (Lipinski definition) is 1. The maximum atomic E-state index is 11.6. The SMILES string of the molecule is CCCC(=O)NC1(C#N)CCCCCCC1. The van der Waals surface area contributed by atoms with Gasteiger partial charge in [-0.2, -0.15) is 5.26 Å². The molecule has 0 unspecified atom stereocenters. The summed E-state index contributed by atoms with van der Waals surface area (Å²) in [6.07, 6.45) is 8.76. The standard InChI is InChI=1S/C13H22N2O/c1-2-8-12(16)15-13(11-14)9-6-4-3-5-7-10-13/h2-10H2,1H3,(H,15,16). The average molecular weight is 222 g/mol. The molecular weight excluding hydrogens is 200 g/mol. The van der Waals surface area contributed by atoms with Gasteiger partial charge in [-0.15, -0.1) is 0 Å². The van der Waals surface area contributed by atoms with Crippen LogP contribution in [-0.2, 0) is 4.79 Å². The van der Waals surface area contributed by atoms with E-state index in [4.69, 9.17) is 0 Å². The third-order valence-corrected chi connectivity index (χ3v) is 3.28. The fraction of sp³-hybridized carbons (Fsp3) is 0.846. The molecule has 3 nitrogen and oxygen atoms in total. The van der Waals surface area contributed by atoms with Gasteiger partial charge < -0.3 is 5.32 Å². The van der Waals surface area contributed by atoms with E-state index < -0.39 is 5.54 Å². The minimum absolute atomic E-state index is 0.0321. The number of amides is 1. The highest BCUT2D eigenvalue weighted by Gasteiger charge is 2.31. The number of carbonyl (C=O) groups excluding carboxylic acids is 1. The Labute approximate surface area is 98.2 Å². The first-order valence-corrected chi connectivity index (χ1v) is 6.45. The van der Waals surface area contributed by atoms with E-state index in [1.165, 1.54) is 19.3 Å². The van der Waals surface area contributed by atoms with Crippen LogP contribution < -0.4 is 5.32 Å². The second-order valence-corrected chi connectivity index (χ2v) is 4.76. The molecule has 3 heteroatoms. The molecule has 0 atom stereocenters. The molecule has 90 valence electrons. The monoisotopic (exact) mass is 222 g/mol. The second-order valence-electron chi connectivity index (χ2n) is 4.76. The van der Waals surface area contributed by atoms with Crippen LogP contribution in [0.25, 0.3) is 0 Å². The van der Waals surface area contributed by atoms with Crippen molar-refractivity contribution >= 4 is 5.91 Å². The summed E-state index contributed by atoms with van der Waals surface area (Å²) < 4.78 is 0. The van der Waals surface area contributed by atoms with Crippen molar-refractivity contribution in [1.29, 1.82) is 5.26 Å². The summed E-state index contributed by atoms with van der Waals surface area (Å²) in [7, 11) is 0. The molecular formula is C13H22N2O. The molecule has 0 bridgehead atoms. The van der Waals surface area contributed by atoms with E-state index in [0.717, 1.165) is 32.1 Å². The lowest BCUT2D eigenvalue weighted by Gasteiger charge is -2.29. The summed E-state index contributed by atoms with van der Waals surface area (Å²) in [6.45, 7) is 1.98. The van der Waals surface area contributed by atoms with Crippen LogP contribution in [0.4, 0.5) is 0 Å². The number of nitrogens with one attached hydrogen (secondary N) is 1. The number of nitriles is 1. The molecule has 1 N–H and O–H groups in total. The van der Waals surface area contributed by atoms with Crippen LogP contribution in [0.2, 0.25) is 0 Å². The fourth-order valence-electron chi connectivity index (χ4n) is 2.33. The molecule has 16 heavy (non-hydrogen) atoms. The lowest BCUT2D eigenvalue weighted by Crippen LogP contribution is -2.47. The Balaban J connectivity index is 2.59. The van der Waals surface area contributed by atoms with Gasteiger partial charge in [-0.25, -0.2) is 0 Å². The molecule has 1 saturated carbocycles. The average Bonchev–Trinajstić information content (AvgIpc) is 2.23. The van der Waals surface area contributed by atoms with Gasteiger partial charge in [0.05, 0.1) is 6.07 Å². The highest BCUT2D eigenvalue weighted by atomic mass is 16.1. The lowest BCUT2D eigenvalue weighted by atomic mass is 9.85. The lowest BCUT2D eigenvalue weighted by molar-refractivity contribution is -0.122. The van der Waals surface area contributed by atoms with Crippen LogP contribution in [0.3, 0.4) is 0 Å². The van der Waals surface area contributed by atoms with Gasteiger partial charge >= 0.3 is 0 Å². The maximum Gasteiger partial charge on any atom is 0.221 e. The van der Waals surface area contributed by atoms with Gasteiger partial charge in [-0.05, 0) is 19.3 Å². The van der Waals surface area contributed by atoms with Crippen LogP contribution in [0.1, 0.15) is 64.7 Å². The van der Waals surface area contributed by atoms with E-state index in [2.05, 4.69) is 11.4 Å². The molecule has 0 radical (unpaired) electrons. The molecule has 0 aromatic carbocycles. The van der Waals surface area contributed by atoms with Crippen LogP contribution in [0.15, 0.2) is 0 Å². The van der Waals surface area contributed by atoms with E-state index in [-0.39, 0.29) is 5.91 Å². The number of carbonyl (C=O) groups is 1. The van der Waals surface area contributed by atoms with Crippen LogP contribution in [0.5, 0.6) is 0 Å². The molecule has 1 aliphatic rings. The molecule has 0 saturated heterocycles. The first-order chi connectivity index (χ1) is 7.72. The predicted molar refractivity (Wildman–Crippen MR) is 63.7 cm³/mol. The van der Waals surface area contributed by atoms with Crippen LogP contribution in [-0.4, -0.2) is 11.4 Å². The van der Waals surface area contributed by atoms with Crippen molar-refractivity contribution in [2.24, 2.45) is 0 Å². The van der Waals surface area contributed by atoms with E-state index in [0.29, 0.717) is 6.42 Å².